The van der Waals surface area contributed by atoms with Gasteiger partial charge in [0.05, 0.1) is 18.5 Å². The van der Waals surface area contributed by atoms with Gasteiger partial charge in [0, 0.05) is 6.42 Å². The summed E-state index contributed by atoms with van der Waals surface area (Å²) >= 11 is 0. The van der Waals surface area contributed by atoms with Crippen molar-refractivity contribution in [3.8, 4) is 0 Å². The van der Waals surface area contributed by atoms with Gasteiger partial charge in [0.2, 0.25) is 8.32 Å². The van der Waals surface area contributed by atoms with Crippen molar-refractivity contribution in [3.63, 3.8) is 0 Å². The molecule has 1 unspecified atom stereocenters. The van der Waals surface area contributed by atoms with Crippen molar-refractivity contribution in [1.29, 1.82) is 0 Å². The molecule has 110 valence electrons. The van der Waals surface area contributed by atoms with E-state index in [9.17, 15) is 0 Å². The largest absolute Gasteiger partial charge is 0.547 e. The third kappa shape index (κ3) is 3.52. The Bertz CT molecular complexity index is 472. The van der Waals surface area contributed by atoms with Crippen LogP contribution in [0.4, 0.5) is 0 Å². The first kappa shape index (κ1) is 15.3. The highest BCUT2D eigenvalue weighted by Crippen LogP contribution is 2.40. The Balaban J connectivity index is 2.06. The molecule has 0 fully saturated rings. The zero-order valence-corrected chi connectivity index (χ0v) is 14.3. The molecule has 0 amide bonds. The molecule has 1 aromatic rings. The van der Waals surface area contributed by atoms with E-state index >= 15 is 0 Å². The van der Waals surface area contributed by atoms with Gasteiger partial charge in [-0.3, -0.25) is 0 Å². The quantitative estimate of drug-likeness (QED) is 0.725. The molecule has 1 atom stereocenters. The highest BCUT2D eigenvalue weighted by molar-refractivity contribution is 6.74. The molecule has 1 aliphatic heterocycles. The second-order valence-electron chi connectivity index (χ2n) is 6.97. The van der Waals surface area contributed by atoms with Gasteiger partial charge in [0.25, 0.3) is 0 Å². The standard InChI is InChI=1S/C17H26O2Si/c1-17(2,3)20(4,5)19-15-11-12-18-16(13-15)14-9-7-6-8-10-14/h6-11,16H,12-13H2,1-5H3. The number of hydrogen-bond acceptors (Lipinski definition) is 2. The third-order valence-electron chi connectivity index (χ3n) is 4.36. The molecule has 0 saturated carbocycles. The van der Waals surface area contributed by atoms with Gasteiger partial charge in [0.1, 0.15) is 0 Å². The summed E-state index contributed by atoms with van der Waals surface area (Å²) in [5, 5.41) is 0.231. The number of ether oxygens (including phenoxy) is 1. The summed E-state index contributed by atoms with van der Waals surface area (Å²) < 4.78 is 12.3. The lowest BCUT2D eigenvalue weighted by atomic mass is 10.0. The molecule has 3 heteroatoms. The Morgan fingerprint density at radius 3 is 2.40 bits per heavy atom. The van der Waals surface area contributed by atoms with Crippen LogP contribution in [-0.4, -0.2) is 14.9 Å². The van der Waals surface area contributed by atoms with Crippen LogP contribution in [0.15, 0.2) is 42.2 Å². The fraction of sp³-hybridized carbons (Fsp3) is 0.529. The van der Waals surface area contributed by atoms with Crippen molar-refractivity contribution in [1.82, 2.24) is 0 Å². The second-order valence-corrected chi connectivity index (χ2v) is 11.7. The van der Waals surface area contributed by atoms with Crippen LogP contribution in [0, 0.1) is 0 Å². The molecular weight excluding hydrogens is 264 g/mol. The zero-order valence-electron chi connectivity index (χ0n) is 13.3. The highest BCUT2D eigenvalue weighted by Gasteiger charge is 2.39. The van der Waals surface area contributed by atoms with Crippen LogP contribution in [0.3, 0.4) is 0 Å². The first-order chi connectivity index (χ1) is 9.29. The van der Waals surface area contributed by atoms with E-state index in [-0.39, 0.29) is 11.1 Å². The normalized spacial score (nSPS) is 20.4. The van der Waals surface area contributed by atoms with E-state index in [1.807, 2.05) is 6.07 Å². The summed E-state index contributed by atoms with van der Waals surface area (Å²) in [6.07, 6.45) is 3.07. The molecule has 0 aromatic heterocycles. The minimum absolute atomic E-state index is 0.126. The molecule has 1 heterocycles. The van der Waals surface area contributed by atoms with Gasteiger partial charge >= 0.3 is 0 Å². The van der Waals surface area contributed by atoms with E-state index < -0.39 is 8.32 Å². The van der Waals surface area contributed by atoms with E-state index in [1.54, 1.807) is 0 Å². The summed E-state index contributed by atoms with van der Waals surface area (Å²) in [6, 6.07) is 10.4. The second kappa shape index (κ2) is 5.74. The average molecular weight is 290 g/mol. The topological polar surface area (TPSA) is 18.5 Å². The van der Waals surface area contributed by atoms with Crippen LogP contribution in [0.2, 0.25) is 18.1 Å². The maximum absolute atomic E-state index is 6.41. The first-order valence-corrected chi connectivity index (χ1v) is 10.2. The van der Waals surface area contributed by atoms with Crippen LogP contribution in [0.1, 0.15) is 38.9 Å². The maximum Gasteiger partial charge on any atom is 0.250 e. The van der Waals surface area contributed by atoms with Gasteiger partial charge in [-0.15, -0.1) is 0 Å². The molecule has 1 aliphatic rings. The minimum Gasteiger partial charge on any atom is -0.547 e. The van der Waals surface area contributed by atoms with Gasteiger partial charge in [-0.05, 0) is 29.8 Å². The monoisotopic (exact) mass is 290 g/mol. The molecule has 2 nitrogen and oxygen atoms in total. The molecule has 0 bridgehead atoms. The Morgan fingerprint density at radius 1 is 1.15 bits per heavy atom. The zero-order chi connectivity index (χ0) is 14.8. The molecule has 0 aliphatic carbocycles. The summed E-state index contributed by atoms with van der Waals surface area (Å²) in [7, 11) is -1.75. The van der Waals surface area contributed by atoms with Gasteiger partial charge in [-0.1, -0.05) is 51.1 Å². The Labute approximate surface area is 123 Å². The minimum atomic E-state index is -1.75. The van der Waals surface area contributed by atoms with Crippen molar-refractivity contribution < 1.29 is 9.16 Å². The third-order valence-corrected chi connectivity index (χ3v) is 8.74. The van der Waals surface area contributed by atoms with Crippen molar-refractivity contribution in [3.05, 3.63) is 47.7 Å². The van der Waals surface area contributed by atoms with E-state index in [2.05, 4.69) is 64.2 Å². The number of benzene rings is 1. The fourth-order valence-electron chi connectivity index (χ4n) is 2.03. The predicted octanol–water partition coefficient (Wildman–Crippen LogP) is 5.05. The van der Waals surface area contributed by atoms with Crippen molar-refractivity contribution in [2.24, 2.45) is 0 Å². The molecule has 2 rings (SSSR count). The molecule has 1 aromatic carbocycles. The summed E-state index contributed by atoms with van der Waals surface area (Å²) in [4.78, 5) is 0. The summed E-state index contributed by atoms with van der Waals surface area (Å²) in [5.74, 6) is 1.11. The molecule has 0 spiro atoms. The summed E-state index contributed by atoms with van der Waals surface area (Å²) in [5.41, 5.74) is 1.23. The number of hydrogen-bond donors (Lipinski definition) is 0. The maximum atomic E-state index is 6.41. The van der Waals surface area contributed by atoms with Gasteiger partial charge in [-0.2, -0.15) is 0 Å². The lowest BCUT2D eigenvalue weighted by Gasteiger charge is -2.38. The van der Waals surface area contributed by atoms with Gasteiger partial charge < -0.3 is 9.16 Å². The Hall–Kier alpha value is -1.06. The SMILES string of the molecule is CC(C)(C)[Si](C)(C)OC1=CCOC(c2ccccc2)C1. The molecule has 0 radical (unpaired) electrons. The molecule has 20 heavy (non-hydrogen) atoms. The number of rotatable bonds is 3. The first-order valence-electron chi connectivity index (χ1n) is 7.34. The Kier molecular flexibility index (Phi) is 4.40. The van der Waals surface area contributed by atoms with E-state index in [4.69, 9.17) is 9.16 Å². The molecular formula is C17H26O2Si. The highest BCUT2D eigenvalue weighted by atomic mass is 28.4. The van der Waals surface area contributed by atoms with Crippen LogP contribution < -0.4 is 0 Å². The summed E-state index contributed by atoms with van der Waals surface area (Å²) in [6.45, 7) is 12.0. The average Bonchev–Trinajstić information content (AvgIpc) is 2.38. The van der Waals surface area contributed by atoms with Crippen LogP contribution >= 0.6 is 0 Å². The Morgan fingerprint density at radius 2 is 1.80 bits per heavy atom. The van der Waals surface area contributed by atoms with Gasteiger partial charge in [0.15, 0.2) is 0 Å². The fourth-order valence-corrected chi connectivity index (χ4v) is 3.16. The lowest BCUT2D eigenvalue weighted by molar-refractivity contribution is 0.0513. The van der Waals surface area contributed by atoms with Crippen LogP contribution in [-0.2, 0) is 9.16 Å². The van der Waals surface area contributed by atoms with E-state index in [1.165, 1.54) is 5.56 Å². The molecule has 0 N–H and O–H groups in total. The van der Waals surface area contributed by atoms with Crippen molar-refractivity contribution in [2.45, 2.75) is 51.4 Å². The van der Waals surface area contributed by atoms with Crippen LogP contribution in [0.5, 0.6) is 0 Å². The van der Waals surface area contributed by atoms with Crippen molar-refractivity contribution >= 4 is 8.32 Å². The van der Waals surface area contributed by atoms with E-state index in [0.717, 1.165) is 12.2 Å². The van der Waals surface area contributed by atoms with Gasteiger partial charge in [-0.25, -0.2) is 0 Å². The van der Waals surface area contributed by atoms with Crippen molar-refractivity contribution in [2.75, 3.05) is 6.61 Å². The van der Waals surface area contributed by atoms with E-state index in [0.29, 0.717) is 6.61 Å². The van der Waals surface area contributed by atoms with Crippen LogP contribution in [0.25, 0.3) is 0 Å². The predicted molar refractivity (Wildman–Crippen MR) is 86.1 cm³/mol. The molecule has 0 saturated heterocycles. The smallest absolute Gasteiger partial charge is 0.250 e. The lowest BCUT2D eigenvalue weighted by Crippen LogP contribution is -2.41.